The maximum Gasteiger partial charge on any atom is 0.338 e. The largest absolute Gasteiger partial charge is 0.465 e. The fraction of sp³-hybridized carbons (Fsp3) is 0.273. The van der Waals surface area contributed by atoms with Crippen LogP contribution in [0.5, 0.6) is 0 Å². The van der Waals surface area contributed by atoms with Crippen LogP contribution >= 0.6 is 0 Å². The van der Waals surface area contributed by atoms with Crippen LogP contribution in [0, 0.1) is 6.92 Å². The molecule has 0 bridgehead atoms. The van der Waals surface area contributed by atoms with Gasteiger partial charge in [0.1, 0.15) is 6.54 Å². The average Bonchev–Trinajstić information content (AvgIpc) is 2.75. The Morgan fingerprint density at radius 1 is 1.10 bits per heavy atom. The minimum Gasteiger partial charge on any atom is -0.465 e. The van der Waals surface area contributed by atoms with Crippen molar-refractivity contribution < 1.29 is 14.3 Å². The second-order valence-corrected chi connectivity index (χ2v) is 7.04. The van der Waals surface area contributed by atoms with Crippen LogP contribution in [-0.4, -0.2) is 35.3 Å². The summed E-state index contributed by atoms with van der Waals surface area (Å²) >= 11 is 0. The molecule has 2 heterocycles. The SMILES string of the molecule is COC(=O)c1cccc2c1CCCN2C(=O)Cn1nc(C)c2ccccc2c1=O. The second-order valence-electron chi connectivity index (χ2n) is 7.04. The number of carbonyl (C=O) groups is 2. The van der Waals surface area contributed by atoms with Gasteiger partial charge in [0, 0.05) is 17.6 Å². The Balaban J connectivity index is 1.70. The highest BCUT2D eigenvalue weighted by Crippen LogP contribution is 2.30. The van der Waals surface area contributed by atoms with Crippen LogP contribution in [0.2, 0.25) is 0 Å². The Hall–Kier alpha value is -3.48. The summed E-state index contributed by atoms with van der Waals surface area (Å²) in [6.07, 6.45) is 1.42. The molecule has 0 atom stereocenters. The molecular formula is C22H21N3O4. The van der Waals surface area contributed by atoms with E-state index in [0.29, 0.717) is 35.3 Å². The number of nitrogens with zero attached hydrogens (tertiary/aromatic N) is 3. The van der Waals surface area contributed by atoms with Gasteiger partial charge in [-0.1, -0.05) is 24.3 Å². The summed E-state index contributed by atoms with van der Waals surface area (Å²) in [5.74, 6) is -0.656. The number of amides is 1. The number of benzene rings is 2. The summed E-state index contributed by atoms with van der Waals surface area (Å²) in [7, 11) is 1.34. The van der Waals surface area contributed by atoms with Crippen molar-refractivity contribution in [3.8, 4) is 0 Å². The molecule has 0 saturated carbocycles. The van der Waals surface area contributed by atoms with Gasteiger partial charge < -0.3 is 9.64 Å². The summed E-state index contributed by atoms with van der Waals surface area (Å²) in [5, 5.41) is 5.66. The molecule has 0 saturated heterocycles. The first-order valence-corrected chi connectivity index (χ1v) is 9.48. The normalized spacial score (nSPS) is 13.2. The number of anilines is 1. The molecule has 1 aliphatic heterocycles. The molecule has 2 aromatic carbocycles. The molecule has 4 rings (SSSR count). The quantitative estimate of drug-likeness (QED) is 0.641. The lowest BCUT2D eigenvalue weighted by atomic mass is 9.96. The predicted molar refractivity (Wildman–Crippen MR) is 109 cm³/mol. The number of ether oxygens (including phenoxy) is 1. The number of methoxy groups -OCH3 is 1. The highest BCUT2D eigenvalue weighted by Gasteiger charge is 2.27. The van der Waals surface area contributed by atoms with E-state index in [1.165, 1.54) is 11.8 Å². The maximum absolute atomic E-state index is 13.1. The second kappa shape index (κ2) is 7.50. The molecule has 0 aliphatic carbocycles. The Morgan fingerprint density at radius 3 is 2.62 bits per heavy atom. The van der Waals surface area contributed by atoms with E-state index in [0.717, 1.165) is 17.4 Å². The van der Waals surface area contributed by atoms with Crippen molar-refractivity contribution in [3.05, 3.63) is 69.6 Å². The predicted octanol–water partition coefficient (Wildman–Crippen LogP) is 2.47. The van der Waals surface area contributed by atoms with E-state index in [4.69, 9.17) is 4.74 Å². The van der Waals surface area contributed by atoms with Gasteiger partial charge in [-0.2, -0.15) is 5.10 Å². The zero-order valence-electron chi connectivity index (χ0n) is 16.3. The Bertz CT molecular complexity index is 1180. The molecule has 0 unspecified atom stereocenters. The number of esters is 1. The summed E-state index contributed by atoms with van der Waals surface area (Å²) in [5.41, 5.74) is 2.36. The smallest absolute Gasteiger partial charge is 0.338 e. The number of aromatic nitrogens is 2. The first-order valence-electron chi connectivity index (χ1n) is 9.48. The van der Waals surface area contributed by atoms with Crippen molar-refractivity contribution in [1.82, 2.24) is 9.78 Å². The molecular weight excluding hydrogens is 370 g/mol. The molecule has 1 aromatic heterocycles. The number of carbonyl (C=O) groups excluding carboxylic acids is 2. The van der Waals surface area contributed by atoms with Crippen molar-refractivity contribution in [2.45, 2.75) is 26.3 Å². The monoisotopic (exact) mass is 391 g/mol. The van der Waals surface area contributed by atoms with Crippen LogP contribution in [-0.2, 0) is 22.5 Å². The van der Waals surface area contributed by atoms with Gasteiger partial charge in [0.05, 0.1) is 23.8 Å². The van der Waals surface area contributed by atoms with Crippen molar-refractivity contribution in [3.63, 3.8) is 0 Å². The van der Waals surface area contributed by atoms with E-state index in [1.807, 2.05) is 25.1 Å². The molecule has 0 spiro atoms. The van der Waals surface area contributed by atoms with Gasteiger partial charge in [-0.3, -0.25) is 9.59 Å². The van der Waals surface area contributed by atoms with Crippen molar-refractivity contribution >= 4 is 28.3 Å². The van der Waals surface area contributed by atoms with Gasteiger partial charge in [0.15, 0.2) is 0 Å². The van der Waals surface area contributed by atoms with E-state index in [1.54, 1.807) is 29.2 Å². The third-order valence-corrected chi connectivity index (χ3v) is 5.29. The summed E-state index contributed by atoms with van der Waals surface area (Å²) in [6, 6.07) is 12.5. The Morgan fingerprint density at radius 2 is 1.86 bits per heavy atom. The molecule has 7 nitrogen and oxygen atoms in total. The van der Waals surface area contributed by atoms with Gasteiger partial charge in [-0.25, -0.2) is 9.48 Å². The zero-order chi connectivity index (χ0) is 20.5. The minimum absolute atomic E-state index is 0.160. The number of hydrogen-bond donors (Lipinski definition) is 0. The summed E-state index contributed by atoms with van der Waals surface area (Å²) in [4.78, 5) is 39.6. The molecule has 1 aliphatic rings. The first kappa shape index (κ1) is 18.9. The molecule has 0 N–H and O–H groups in total. The summed E-state index contributed by atoms with van der Waals surface area (Å²) < 4.78 is 6.09. The van der Waals surface area contributed by atoms with E-state index >= 15 is 0 Å². The van der Waals surface area contributed by atoms with E-state index in [2.05, 4.69) is 5.10 Å². The van der Waals surface area contributed by atoms with Crippen molar-refractivity contribution in [2.24, 2.45) is 0 Å². The Kier molecular flexibility index (Phi) is 4.88. The topological polar surface area (TPSA) is 81.5 Å². The third-order valence-electron chi connectivity index (χ3n) is 5.29. The molecule has 0 fully saturated rings. The lowest BCUT2D eigenvalue weighted by Gasteiger charge is -2.30. The zero-order valence-corrected chi connectivity index (χ0v) is 16.3. The van der Waals surface area contributed by atoms with Gasteiger partial charge >= 0.3 is 5.97 Å². The van der Waals surface area contributed by atoms with Gasteiger partial charge in [-0.15, -0.1) is 0 Å². The number of hydrogen-bond acceptors (Lipinski definition) is 5. The number of rotatable bonds is 3. The van der Waals surface area contributed by atoms with E-state index < -0.39 is 5.97 Å². The fourth-order valence-electron chi connectivity index (χ4n) is 3.91. The molecule has 1 amide bonds. The van der Waals surface area contributed by atoms with E-state index in [-0.39, 0.29) is 18.0 Å². The van der Waals surface area contributed by atoms with Crippen LogP contribution in [0.3, 0.4) is 0 Å². The van der Waals surface area contributed by atoms with Gasteiger partial charge in [-0.05, 0) is 43.5 Å². The van der Waals surface area contributed by atoms with Crippen LogP contribution < -0.4 is 10.5 Å². The average molecular weight is 391 g/mol. The van der Waals surface area contributed by atoms with E-state index in [9.17, 15) is 14.4 Å². The highest BCUT2D eigenvalue weighted by molar-refractivity contribution is 5.98. The minimum atomic E-state index is -0.417. The first-order chi connectivity index (χ1) is 14.0. The lowest BCUT2D eigenvalue weighted by Crippen LogP contribution is -2.40. The molecule has 3 aromatic rings. The molecule has 29 heavy (non-hydrogen) atoms. The lowest BCUT2D eigenvalue weighted by molar-refractivity contribution is -0.119. The molecule has 148 valence electrons. The summed E-state index contributed by atoms with van der Waals surface area (Å²) in [6.45, 7) is 2.19. The number of fused-ring (bicyclic) bond motifs is 2. The standard InChI is InChI=1S/C22H21N3O4/c1-14-15-7-3-4-8-17(15)21(27)25(23-14)13-20(26)24-12-6-10-16-18(22(28)29-2)9-5-11-19(16)24/h3-5,7-9,11H,6,10,12-13H2,1-2H3. The van der Waals surface area contributed by atoms with Gasteiger partial charge in [0.25, 0.3) is 5.56 Å². The highest BCUT2D eigenvalue weighted by atomic mass is 16.5. The number of aryl methyl sites for hydroxylation is 1. The van der Waals surface area contributed by atoms with Crippen molar-refractivity contribution in [1.29, 1.82) is 0 Å². The third kappa shape index (κ3) is 3.29. The molecule has 0 radical (unpaired) electrons. The van der Waals surface area contributed by atoms with Crippen LogP contribution in [0.1, 0.15) is 28.0 Å². The molecule has 7 heteroatoms. The van der Waals surface area contributed by atoms with Crippen LogP contribution in [0.4, 0.5) is 5.69 Å². The van der Waals surface area contributed by atoms with Crippen molar-refractivity contribution in [2.75, 3.05) is 18.6 Å². The fourth-order valence-corrected chi connectivity index (χ4v) is 3.91. The Labute approximate surface area is 167 Å². The van der Waals surface area contributed by atoms with Crippen LogP contribution in [0.25, 0.3) is 10.8 Å². The maximum atomic E-state index is 13.1. The van der Waals surface area contributed by atoms with Crippen LogP contribution in [0.15, 0.2) is 47.3 Å². The van der Waals surface area contributed by atoms with Gasteiger partial charge in [0.2, 0.25) is 5.91 Å².